The second kappa shape index (κ2) is 9.04. The number of hydrogen-bond donors (Lipinski definition) is 3. The molecular weight excluding hydrogens is 422 g/mol. The van der Waals surface area contributed by atoms with Crippen molar-refractivity contribution >= 4 is 46.3 Å². The molecule has 0 aliphatic carbocycles. The number of aromatic nitrogens is 1. The molecular formula is C26H20ClN3O2. The van der Waals surface area contributed by atoms with E-state index >= 15 is 0 Å². The lowest BCUT2D eigenvalue weighted by molar-refractivity contribution is 0.104. The number of aromatic amines is 1. The van der Waals surface area contributed by atoms with Crippen molar-refractivity contribution in [1.82, 2.24) is 4.98 Å². The van der Waals surface area contributed by atoms with E-state index in [0.29, 0.717) is 27.1 Å². The number of nitrogens with one attached hydrogen (secondary N) is 3. The smallest absolute Gasteiger partial charge is 0.260 e. The minimum atomic E-state index is -0.459. The second-order valence-corrected chi connectivity index (χ2v) is 7.64. The van der Waals surface area contributed by atoms with Gasteiger partial charge in [0, 0.05) is 46.0 Å². The Morgan fingerprint density at radius 1 is 1.06 bits per heavy atom. The van der Waals surface area contributed by atoms with Crippen LogP contribution < -0.4 is 10.9 Å². The quantitative estimate of drug-likeness (QED) is 0.201. The Bertz CT molecular complexity index is 1420. The number of allylic oxidation sites excluding steroid dienone is 1. The molecule has 0 spiro atoms. The highest BCUT2D eigenvalue weighted by Gasteiger charge is 2.19. The number of carbonyl (C=O) groups is 1. The molecule has 6 heteroatoms. The Morgan fingerprint density at radius 3 is 2.56 bits per heavy atom. The molecule has 0 bridgehead atoms. The lowest BCUT2D eigenvalue weighted by Crippen LogP contribution is -2.18. The van der Waals surface area contributed by atoms with E-state index in [1.165, 1.54) is 12.3 Å². The Balaban J connectivity index is 1.86. The van der Waals surface area contributed by atoms with Gasteiger partial charge in [0.05, 0.1) is 5.56 Å². The number of H-pyrrole nitrogens is 1. The molecule has 1 aromatic heterocycles. The summed E-state index contributed by atoms with van der Waals surface area (Å²) in [5.41, 5.74) is 3.78. The van der Waals surface area contributed by atoms with E-state index in [4.69, 9.17) is 17.0 Å². The van der Waals surface area contributed by atoms with E-state index in [2.05, 4.69) is 10.3 Å². The number of pyridine rings is 1. The third kappa shape index (κ3) is 4.11. The van der Waals surface area contributed by atoms with Crippen molar-refractivity contribution in [3.63, 3.8) is 0 Å². The van der Waals surface area contributed by atoms with E-state index in [0.717, 1.165) is 16.8 Å². The highest BCUT2D eigenvalue weighted by molar-refractivity contribution is 6.31. The van der Waals surface area contributed by atoms with Crippen molar-refractivity contribution in [2.45, 2.75) is 0 Å². The lowest BCUT2D eigenvalue weighted by Gasteiger charge is -2.12. The van der Waals surface area contributed by atoms with Gasteiger partial charge in [-0.15, -0.1) is 0 Å². The molecule has 4 aromatic rings. The van der Waals surface area contributed by atoms with Gasteiger partial charge in [-0.1, -0.05) is 54.1 Å². The van der Waals surface area contributed by atoms with Crippen LogP contribution in [0.1, 0.15) is 21.5 Å². The molecule has 1 heterocycles. The second-order valence-electron chi connectivity index (χ2n) is 7.20. The topological polar surface area (TPSA) is 85.8 Å². The number of hydrogen-bond acceptors (Lipinski definition) is 4. The summed E-state index contributed by atoms with van der Waals surface area (Å²) >= 11 is 6.23. The summed E-state index contributed by atoms with van der Waals surface area (Å²) in [5.74, 6) is -0.416. The molecule has 0 aliphatic heterocycles. The van der Waals surface area contributed by atoms with Gasteiger partial charge in [0.25, 0.3) is 5.56 Å². The normalized spacial score (nSPS) is 11.1. The maximum atomic E-state index is 13.2. The van der Waals surface area contributed by atoms with Crippen LogP contribution in [0, 0.1) is 5.41 Å². The third-order valence-corrected chi connectivity index (χ3v) is 5.45. The number of anilines is 1. The highest BCUT2D eigenvalue weighted by atomic mass is 35.5. The Morgan fingerprint density at radius 2 is 1.84 bits per heavy atom. The summed E-state index contributed by atoms with van der Waals surface area (Å²) in [6, 6.07) is 20.0. The molecule has 3 aromatic carbocycles. The van der Waals surface area contributed by atoms with Crippen LogP contribution in [0.2, 0.25) is 5.02 Å². The van der Waals surface area contributed by atoms with Crippen LogP contribution in [0.3, 0.4) is 0 Å². The van der Waals surface area contributed by atoms with E-state index in [-0.39, 0.29) is 5.56 Å². The predicted octanol–water partition coefficient (Wildman–Crippen LogP) is 5.78. The number of ketones is 1. The summed E-state index contributed by atoms with van der Waals surface area (Å²) in [5, 5.41) is 11.8. The van der Waals surface area contributed by atoms with Crippen LogP contribution >= 0.6 is 11.6 Å². The van der Waals surface area contributed by atoms with Crippen molar-refractivity contribution in [3.8, 4) is 11.1 Å². The largest absolute Gasteiger partial charge is 0.388 e. The van der Waals surface area contributed by atoms with Crippen LogP contribution in [-0.4, -0.2) is 24.0 Å². The van der Waals surface area contributed by atoms with E-state index in [1.54, 1.807) is 37.4 Å². The van der Waals surface area contributed by atoms with E-state index in [1.807, 2.05) is 42.5 Å². The molecule has 0 unspecified atom stereocenters. The fourth-order valence-corrected chi connectivity index (χ4v) is 3.86. The van der Waals surface area contributed by atoms with Gasteiger partial charge in [0.1, 0.15) is 0 Å². The van der Waals surface area contributed by atoms with Gasteiger partial charge in [-0.05, 0) is 47.5 Å². The zero-order valence-corrected chi connectivity index (χ0v) is 18.0. The SMILES string of the molecule is CNc1ccc(/C=C/C(=O)c2c(-c3ccccc3)c3cc(Cl)ccc3[nH]c2=O)cc1C=N. The molecule has 32 heavy (non-hydrogen) atoms. The molecule has 0 saturated heterocycles. The highest BCUT2D eigenvalue weighted by Crippen LogP contribution is 2.31. The summed E-state index contributed by atoms with van der Waals surface area (Å²) in [6.07, 6.45) is 4.27. The minimum Gasteiger partial charge on any atom is -0.388 e. The van der Waals surface area contributed by atoms with Crippen LogP contribution in [0.4, 0.5) is 5.69 Å². The van der Waals surface area contributed by atoms with Crippen molar-refractivity contribution in [3.05, 3.63) is 105 Å². The molecule has 0 atom stereocenters. The van der Waals surface area contributed by atoms with Crippen molar-refractivity contribution in [2.75, 3.05) is 12.4 Å². The number of rotatable bonds is 6. The summed E-state index contributed by atoms with van der Waals surface area (Å²) in [4.78, 5) is 29.0. The van der Waals surface area contributed by atoms with Crippen LogP contribution in [0.25, 0.3) is 28.1 Å². The average Bonchev–Trinajstić information content (AvgIpc) is 2.82. The number of carbonyl (C=O) groups excluding carboxylic acids is 1. The number of benzene rings is 3. The van der Waals surface area contributed by atoms with Gasteiger partial charge in [0.15, 0.2) is 5.78 Å². The fourth-order valence-electron chi connectivity index (χ4n) is 3.69. The van der Waals surface area contributed by atoms with Crippen LogP contribution in [-0.2, 0) is 0 Å². The zero-order chi connectivity index (χ0) is 22.7. The van der Waals surface area contributed by atoms with Crippen LogP contribution in [0.15, 0.2) is 77.6 Å². The molecule has 4 rings (SSSR count). The van der Waals surface area contributed by atoms with Crippen molar-refractivity contribution in [1.29, 1.82) is 5.41 Å². The molecule has 0 saturated carbocycles. The number of fused-ring (bicyclic) bond motifs is 1. The summed E-state index contributed by atoms with van der Waals surface area (Å²) < 4.78 is 0. The fraction of sp³-hybridized carbons (Fsp3) is 0.0385. The molecule has 0 radical (unpaired) electrons. The van der Waals surface area contributed by atoms with Gasteiger partial charge in [-0.25, -0.2) is 0 Å². The molecule has 0 amide bonds. The molecule has 5 nitrogen and oxygen atoms in total. The van der Waals surface area contributed by atoms with Crippen molar-refractivity contribution in [2.24, 2.45) is 0 Å². The first-order valence-corrected chi connectivity index (χ1v) is 10.3. The van der Waals surface area contributed by atoms with Gasteiger partial charge in [0.2, 0.25) is 0 Å². The number of halogens is 1. The molecule has 0 fully saturated rings. The molecule has 3 N–H and O–H groups in total. The zero-order valence-electron chi connectivity index (χ0n) is 17.3. The Kier molecular flexibility index (Phi) is 6.01. The first-order chi connectivity index (χ1) is 15.5. The molecule has 158 valence electrons. The van der Waals surface area contributed by atoms with Gasteiger partial charge in [-0.2, -0.15) is 0 Å². The van der Waals surface area contributed by atoms with Crippen LogP contribution in [0.5, 0.6) is 0 Å². The summed E-state index contributed by atoms with van der Waals surface area (Å²) in [6.45, 7) is 0. The predicted molar refractivity (Wildman–Crippen MR) is 132 cm³/mol. The maximum Gasteiger partial charge on any atom is 0.260 e. The first-order valence-electron chi connectivity index (χ1n) is 9.97. The van der Waals surface area contributed by atoms with Gasteiger partial charge < -0.3 is 15.7 Å². The van der Waals surface area contributed by atoms with Crippen molar-refractivity contribution < 1.29 is 4.79 Å². The first kappa shape index (κ1) is 21.3. The average molecular weight is 442 g/mol. The van der Waals surface area contributed by atoms with E-state index < -0.39 is 11.3 Å². The minimum absolute atomic E-state index is 0.0568. The third-order valence-electron chi connectivity index (χ3n) is 5.21. The lowest BCUT2D eigenvalue weighted by atomic mass is 9.94. The Labute approximate surface area is 189 Å². The van der Waals surface area contributed by atoms with E-state index in [9.17, 15) is 9.59 Å². The monoisotopic (exact) mass is 441 g/mol. The molecule has 0 aliphatic rings. The Hall–Kier alpha value is -3.96. The standard InChI is InChI=1S/C26H20ClN3O2/c1-29-21-10-7-16(13-18(21)15-28)8-12-23(31)25-24(17-5-3-2-4-6-17)20-14-19(27)9-11-22(20)30-26(25)32/h2-15,28-29H,1H3,(H,30,32)/b12-8+,28-15?. The van der Waals surface area contributed by atoms with Gasteiger partial charge in [-0.3, -0.25) is 9.59 Å². The maximum absolute atomic E-state index is 13.2. The summed E-state index contributed by atoms with van der Waals surface area (Å²) in [7, 11) is 1.78. The van der Waals surface area contributed by atoms with Gasteiger partial charge >= 0.3 is 0 Å².